The molecule has 0 aliphatic heterocycles. The molecule has 1 heterocycles. The van der Waals surface area contributed by atoms with Crippen molar-refractivity contribution in [2.45, 2.75) is 32.3 Å². The van der Waals surface area contributed by atoms with E-state index in [0.717, 1.165) is 11.3 Å². The lowest BCUT2D eigenvalue weighted by atomic mass is 10.1. The Bertz CT molecular complexity index is 738. The minimum Gasteiger partial charge on any atom is -0.391 e. The van der Waals surface area contributed by atoms with Gasteiger partial charge in [-0.15, -0.1) is 0 Å². The highest BCUT2D eigenvalue weighted by molar-refractivity contribution is 5.94. The summed E-state index contributed by atoms with van der Waals surface area (Å²) in [6.07, 6.45) is -0.182. The van der Waals surface area contributed by atoms with E-state index in [4.69, 9.17) is 0 Å². The Morgan fingerprint density at radius 3 is 2.50 bits per heavy atom. The summed E-state index contributed by atoms with van der Waals surface area (Å²) in [7, 11) is 1.63. The first-order valence-electron chi connectivity index (χ1n) is 8.08. The van der Waals surface area contributed by atoms with Gasteiger partial charge in [-0.25, -0.2) is 0 Å². The molecule has 1 atom stereocenters. The van der Waals surface area contributed by atoms with Gasteiger partial charge in [-0.05, 0) is 17.5 Å². The van der Waals surface area contributed by atoms with Crippen LogP contribution < -0.4 is 5.56 Å². The van der Waals surface area contributed by atoms with Gasteiger partial charge in [0.05, 0.1) is 6.10 Å². The third-order valence-electron chi connectivity index (χ3n) is 3.88. The maximum absolute atomic E-state index is 12.5. The molecule has 0 aliphatic carbocycles. The number of aliphatic hydroxyl groups excluding tert-OH is 1. The number of benzene rings is 1. The van der Waals surface area contributed by atoms with Crippen LogP contribution in [0.4, 0.5) is 0 Å². The number of pyridine rings is 1. The number of rotatable bonds is 6. The number of amides is 1. The second-order valence-electron chi connectivity index (χ2n) is 6.37. The maximum atomic E-state index is 12.5. The lowest BCUT2D eigenvalue weighted by molar-refractivity contribution is 0.0681. The minimum absolute atomic E-state index is 0.124. The molecule has 0 bridgehead atoms. The van der Waals surface area contributed by atoms with Crippen LogP contribution in [0, 0.1) is 0 Å². The molecule has 1 unspecified atom stereocenters. The lowest BCUT2D eigenvalue weighted by Gasteiger charge is -2.21. The number of aromatic nitrogens is 1. The Morgan fingerprint density at radius 2 is 1.88 bits per heavy atom. The molecule has 0 fully saturated rings. The first-order valence-corrected chi connectivity index (χ1v) is 8.08. The summed E-state index contributed by atoms with van der Waals surface area (Å²) in [4.78, 5) is 28.4. The molecule has 24 heavy (non-hydrogen) atoms. The summed E-state index contributed by atoms with van der Waals surface area (Å²) in [5, 5.41) is 10.2. The standard InChI is InChI=1S/C19H24N2O3/c1-13(2)17-10-15(11-18(23)20-17)19(24)21(3)12-16(22)9-14-7-5-4-6-8-14/h4-8,10-11,13,16,22H,9,12H2,1-3H3,(H,20,23). The fraction of sp³-hybridized carbons (Fsp3) is 0.368. The van der Waals surface area contributed by atoms with Crippen LogP contribution in [0.25, 0.3) is 0 Å². The summed E-state index contributed by atoms with van der Waals surface area (Å²) in [5.74, 6) is -0.144. The normalized spacial score (nSPS) is 12.2. The van der Waals surface area contributed by atoms with Crippen molar-refractivity contribution in [3.05, 3.63) is 69.6 Å². The molecule has 128 valence electrons. The second kappa shape index (κ2) is 7.93. The van der Waals surface area contributed by atoms with Crippen LogP contribution in [-0.2, 0) is 6.42 Å². The largest absolute Gasteiger partial charge is 0.391 e. The number of carbonyl (C=O) groups is 1. The number of aromatic amines is 1. The van der Waals surface area contributed by atoms with Crippen LogP contribution >= 0.6 is 0 Å². The van der Waals surface area contributed by atoms with E-state index in [9.17, 15) is 14.7 Å². The van der Waals surface area contributed by atoms with Crippen LogP contribution in [0.2, 0.25) is 0 Å². The van der Waals surface area contributed by atoms with Crippen molar-refractivity contribution < 1.29 is 9.90 Å². The van der Waals surface area contributed by atoms with Gasteiger partial charge in [-0.3, -0.25) is 9.59 Å². The Balaban J connectivity index is 2.05. The Labute approximate surface area is 142 Å². The van der Waals surface area contributed by atoms with E-state index >= 15 is 0 Å². The fourth-order valence-electron chi connectivity index (χ4n) is 2.57. The molecule has 2 aromatic rings. The van der Waals surface area contributed by atoms with Crippen molar-refractivity contribution in [3.63, 3.8) is 0 Å². The summed E-state index contributed by atoms with van der Waals surface area (Å²) in [6, 6.07) is 12.6. The quantitative estimate of drug-likeness (QED) is 0.853. The summed E-state index contributed by atoms with van der Waals surface area (Å²) < 4.78 is 0. The molecule has 1 aromatic carbocycles. The molecule has 1 amide bonds. The van der Waals surface area contributed by atoms with Crippen LogP contribution in [0.5, 0.6) is 0 Å². The lowest BCUT2D eigenvalue weighted by Crippen LogP contribution is -2.35. The number of hydrogen-bond acceptors (Lipinski definition) is 3. The van der Waals surface area contributed by atoms with Gasteiger partial charge < -0.3 is 15.0 Å². The van der Waals surface area contributed by atoms with E-state index in [-0.39, 0.29) is 23.9 Å². The molecule has 2 N–H and O–H groups in total. The van der Waals surface area contributed by atoms with Crippen LogP contribution in [0.3, 0.4) is 0 Å². The third-order valence-corrected chi connectivity index (χ3v) is 3.88. The number of hydrogen-bond donors (Lipinski definition) is 2. The van der Waals surface area contributed by atoms with Crippen molar-refractivity contribution in [2.24, 2.45) is 0 Å². The smallest absolute Gasteiger partial charge is 0.253 e. The zero-order chi connectivity index (χ0) is 17.7. The van der Waals surface area contributed by atoms with Crippen molar-refractivity contribution in [1.82, 2.24) is 9.88 Å². The number of H-pyrrole nitrogens is 1. The van der Waals surface area contributed by atoms with E-state index in [1.807, 2.05) is 44.2 Å². The number of nitrogens with one attached hydrogen (secondary N) is 1. The Kier molecular flexibility index (Phi) is 5.93. The number of likely N-dealkylation sites (N-methyl/N-ethyl adjacent to an activating group) is 1. The van der Waals surface area contributed by atoms with Gasteiger partial charge in [0.1, 0.15) is 0 Å². The second-order valence-corrected chi connectivity index (χ2v) is 6.37. The van der Waals surface area contributed by atoms with Gasteiger partial charge in [-0.1, -0.05) is 44.2 Å². The van der Waals surface area contributed by atoms with Gasteiger partial charge in [0.25, 0.3) is 5.91 Å². The highest BCUT2D eigenvalue weighted by atomic mass is 16.3. The molecule has 0 aliphatic rings. The molecule has 2 rings (SSSR count). The highest BCUT2D eigenvalue weighted by Crippen LogP contribution is 2.12. The molecular formula is C19H24N2O3. The zero-order valence-electron chi connectivity index (χ0n) is 14.3. The molecule has 0 saturated heterocycles. The third kappa shape index (κ3) is 4.80. The van der Waals surface area contributed by atoms with Crippen molar-refractivity contribution in [3.8, 4) is 0 Å². The van der Waals surface area contributed by atoms with E-state index in [0.29, 0.717) is 12.0 Å². The molecular weight excluding hydrogens is 304 g/mol. The number of nitrogens with zero attached hydrogens (tertiary/aromatic N) is 1. The minimum atomic E-state index is -0.659. The SMILES string of the molecule is CC(C)c1cc(C(=O)N(C)CC(O)Cc2ccccc2)cc(=O)[nH]1. The van der Waals surface area contributed by atoms with E-state index in [1.165, 1.54) is 11.0 Å². The molecule has 0 radical (unpaired) electrons. The number of aliphatic hydroxyl groups is 1. The summed E-state index contributed by atoms with van der Waals surface area (Å²) in [5.41, 5.74) is 1.80. The Hall–Kier alpha value is -2.40. The first kappa shape index (κ1) is 17.9. The average molecular weight is 328 g/mol. The topological polar surface area (TPSA) is 73.4 Å². The highest BCUT2D eigenvalue weighted by Gasteiger charge is 2.17. The average Bonchev–Trinajstić information content (AvgIpc) is 2.54. The van der Waals surface area contributed by atoms with Crippen molar-refractivity contribution in [2.75, 3.05) is 13.6 Å². The fourth-order valence-corrected chi connectivity index (χ4v) is 2.57. The van der Waals surface area contributed by atoms with Gasteiger partial charge in [0.2, 0.25) is 5.56 Å². The molecule has 0 saturated carbocycles. The van der Waals surface area contributed by atoms with Crippen molar-refractivity contribution >= 4 is 5.91 Å². The summed E-state index contributed by atoms with van der Waals surface area (Å²) in [6.45, 7) is 4.11. The van der Waals surface area contributed by atoms with Gasteiger partial charge in [0.15, 0.2) is 0 Å². The van der Waals surface area contributed by atoms with Gasteiger partial charge in [0, 0.05) is 37.3 Å². The van der Waals surface area contributed by atoms with Crippen LogP contribution in [-0.4, -0.2) is 40.6 Å². The predicted molar refractivity (Wildman–Crippen MR) is 94.3 cm³/mol. The van der Waals surface area contributed by atoms with E-state index in [1.54, 1.807) is 13.1 Å². The first-order chi connectivity index (χ1) is 11.4. The summed E-state index contributed by atoms with van der Waals surface area (Å²) >= 11 is 0. The maximum Gasteiger partial charge on any atom is 0.253 e. The Morgan fingerprint density at radius 1 is 1.21 bits per heavy atom. The monoisotopic (exact) mass is 328 g/mol. The van der Waals surface area contributed by atoms with Crippen molar-refractivity contribution in [1.29, 1.82) is 0 Å². The molecule has 5 nitrogen and oxygen atoms in total. The van der Waals surface area contributed by atoms with Crippen LogP contribution in [0.1, 0.15) is 41.4 Å². The number of carbonyl (C=O) groups excluding carboxylic acids is 1. The van der Waals surface area contributed by atoms with Gasteiger partial charge in [-0.2, -0.15) is 0 Å². The van der Waals surface area contributed by atoms with E-state index < -0.39 is 6.10 Å². The van der Waals surface area contributed by atoms with Crippen LogP contribution in [0.15, 0.2) is 47.3 Å². The zero-order valence-corrected chi connectivity index (χ0v) is 14.3. The van der Waals surface area contributed by atoms with Gasteiger partial charge >= 0.3 is 0 Å². The molecule has 0 spiro atoms. The van der Waals surface area contributed by atoms with E-state index in [2.05, 4.69) is 4.98 Å². The molecule has 5 heteroatoms. The molecule has 1 aromatic heterocycles. The predicted octanol–water partition coefficient (Wildman–Crippen LogP) is 2.17.